The molecule has 2 heterocycles. The summed E-state index contributed by atoms with van der Waals surface area (Å²) in [6, 6.07) is 7.17. The zero-order chi connectivity index (χ0) is 18.7. The molecule has 1 aromatic carbocycles. The van der Waals surface area contributed by atoms with E-state index in [4.69, 9.17) is 20.9 Å². The minimum atomic E-state index is -0.124. The van der Waals surface area contributed by atoms with Crippen molar-refractivity contribution < 1.29 is 14.1 Å². The first-order chi connectivity index (χ1) is 12.5. The number of nitrogens with zero attached hydrogens (tertiary/aromatic N) is 2. The topological polar surface area (TPSA) is 77.2 Å². The third-order valence-corrected chi connectivity index (χ3v) is 5.11. The Morgan fingerprint density at radius 1 is 1.38 bits per heavy atom. The minimum Gasteiger partial charge on any atom is -0.495 e. The van der Waals surface area contributed by atoms with Crippen LogP contribution in [0.4, 0.5) is 5.69 Å². The van der Waals surface area contributed by atoms with Crippen LogP contribution in [0.3, 0.4) is 0 Å². The van der Waals surface area contributed by atoms with Gasteiger partial charge in [-0.3, -0.25) is 4.79 Å². The molecule has 0 atom stereocenters. The summed E-state index contributed by atoms with van der Waals surface area (Å²) in [5.41, 5.74) is 1.56. The van der Waals surface area contributed by atoms with Gasteiger partial charge in [0.05, 0.1) is 29.1 Å². The lowest BCUT2D eigenvalue weighted by molar-refractivity contribution is -0.115. The number of halogens is 1. The van der Waals surface area contributed by atoms with Crippen LogP contribution >= 0.6 is 22.9 Å². The van der Waals surface area contributed by atoms with E-state index in [0.29, 0.717) is 28.9 Å². The summed E-state index contributed by atoms with van der Waals surface area (Å²) in [5.74, 6) is 1.59. The molecule has 1 N–H and O–H groups in total. The Labute approximate surface area is 160 Å². The molecule has 1 amide bonds. The molecule has 0 unspecified atom stereocenters. The number of carbonyl (C=O) groups excluding carboxylic acids is 1. The quantitative estimate of drug-likeness (QED) is 0.668. The highest BCUT2D eigenvalue weighted by Crippen LogP contribution is 2.33. The molecule has 0 radical (unpaired) electrons. The fourth-order valence-electron chi connectivity index (χ4n) is 2.41. The normalized spacial score (nSPS) is 10.8. The van der Waals surface area contributed by atoms with Crippen molar-refractivity contribution in [3.63, 3.8) is 0 Å². The van der Waals surface area contributed by atoms with Crippen molar-refractivity contribution in [2.24, 2.45) is 0 Å². The molecule has 6 nitrogen and oxygen atoms in total. The fraction of sp³-hybridized carbons (Fsp3) is 0.278. The van der Waals surface area contributed by atoms with E-state index in [1.807, 2.05) is 26.0 Å². The number of carbonyl (C=O) groups is 1. The first-order valence-corrected chi connectivity index (χ1v) is 9.25. The van der Waals surface area contributed by atoms with Crippen LogP contribution in [0.15, 0.2) is 28.8 Å². The summed E-state index contributed by atoms with van der Waals surface area (Å²) in [5, 5.41) is 7.38. The molecule has 136 valence electrons. The number of thiophene rings is 1. The number of methoxy groups -OCH3 is 1. The molecule has 0 saturated carbocycles. The number of ether oxygens (including phenoxy) is 1. The second-order valence-corrected chi connectivity index (χ2v) is 7.30. The van der Waals surface area contributed by atoms with E-state index in [1.165, 1.54) is 11.3 Å². The second kappa shape index (κ2) is 7.88. The Morgan fingerprint density at radius 2 is 2.19 bits per heavy atom. The average Bonchev–Trinajstić information content (AvgIpc) is 3.22. The molecule has 0 fully saturated rings. The maximum absolute atomic E-state index is 12.4. The SMILES string of the molecule is CCc1nc(-c2cc(NC(=O)Cc3ccc(OC)c(Cl)c3)c(C)s2)no1. The van der Waals surface area contributed by atoms with E-state index in [9.17, 15) is 4.79 Å². The van der Waals surface area contributed by atoms with Crippen molar-refractivity contribution in [1.29, 1.82) is 0 Å². The van der Waals surface area contributed by atoms with E-state index >= 15 is 0 Å². The molecule has 0 bridgehead atoms. The number of nitrogens with one attached hydrogen (secondary N) is 1. The third-order valence-electron chi connectivity index (χ3n) is 3.76. The maximum atomic E-state index is 12.4. The van der Waals surface area contributed by atoms with Crippen LogP contribution in [0.2, 0.25) is 5.02 Å². The number of hydrogen-bond acceptors (Lipinski definition) is 6. The van der Waals surface area contributed by atoms with Crippen molar-refractivity contribution in [2.75, 3.05) is 12.4 Å². The molecule has 3 rings (SSSR count). The number of aromatic nitrogens is 2. The summed E-state index contributed by atoms with van der Waals surface area (Å²) in [6.07, 6.45) is 0.905. The average molecular weight is 392 g/mol. The van der Waals surface area contributed by atoms with Gasteiger partial charge in [0.2, 0.25) is 17.6 Å². The van der Waals surface area contributed by atoms with Gasteiger partial charge in [-0.25, -0.2) is 0 Å². The number of benzene rings is 1. The standard InChI is InChI=1S/C18H18ClN3O3S/c1-4-17-21-18(22-25-17)15-9-13(10(2)26-15)20-16(23)8-11-5-6-14(24-3)12(19)7-11/h5-7,9H,4,8H2,1-3H3,(H,20,23). The van der Waals surface area contributed by atoms with Gasteiger partial charge in [-0.1, -0.05) is 29.7 Å². The largest absolute Gasteiger partial charge is 0.495 e. The number of aryl methyl sites for hydroxylation is 2. The lowest BCUT2D eigenvalue weighted by Crippen LogP contribution is -2.14. The van der Waals surface area contributed by atoms with Gasteiger partial charge in [-0.15, -0.1) is 11.3 Å². The minimum absolute atomic E-state index is 0.124. The Balaban J connectivity index is 1.70. The van der Waals surface area contributed by atoms with Gasteiger partial charge >= 0.3 is 0 Å². The second-order valence-electron chi connectivity index (χ2n) is 5.64. The smallest absolute Gasteiger partial charge is 0.228 e. The van der Waals surface area contributed by atoms with Gasteiger partial charge in [-0.05, 0) is 30.7 Å². The number of hydrogen-bond donors (Lipinski definition) is 1. The molecule has 2 aromatic heterocycles. The monoisotopic (exact) mass is 391 g/mol. The summed E-state index contributed by atoms with van der Waals surface area (Å²) in [6.45, 7) is 3.89. The summed E-state index contributed by atoms with van der Waals surface area (Å²) in [7, 11) is 1.55. The van der Waals surface area contributed by atoms with Gasteiger partial charge in [0.1, 0.15) is 5.75 Å². The molecule has 0 aliphatic heterocycles. The predicted molar refractivity (Wildman–Crippen MR) is 102 cm³/mol. The Kier molecular flexibility index (Phi) is 5.58. The van der Waals surface area contributed by atoms with Gasteiger partial charge in [0, 0.05) is 11.3 Å². The van der Waals surface area contributed by atoms with Crippen molar-refractivity contribution in [2.45, 2.75) is 26.7 Å². The summed E-state index contributed by atoms with van der Waals surface area (Å²) < 4.78 is 10.3. The predicted octanol–water partition coefficient (Wildman–Crippen LogP) is 4.51. The van der Waals surface area contributed by atoms with Crippen molar-refractivity contribution in [3.8, 4) is 16.5 Å². The van der Waals surface area contributed by atoms with Crippen LogP contribution in [0, 0.1) is 6.92 Å². The third kappa shape index (κ3) is 4.05. The van der Waals surface area contributed by atoms with Gasteiger partial charge in [0.15, 0.2) is 0 Å². The lowest BCUT2D eigenvalue weighted by Gasteiger charge is -2.07. The van der Waals surface area contributed by atoms with E-state index in [2.05, 4.69) is 15.5 Å². The summed E-state index contributed by atoms with van der Waals surface area (Å²) >= 11 is 7.62. The molecule has 0 aliphatic rings. The van der Waals surface area contributed by atoms with Gasteiger partial charge < -0.3 is 14.6 Å². The lowest BCUT2D eigenvalue weighted by atomic mass is 10.1. The zero-order valence-corrected chi connectivity index (χ0v) is 16.2. The van der Waals surface area contributed by atoms with Crippen molar-refractivity contribution in [3.05, 3.63) is 45.6 Å². The Bertz CT molecular complexity index is 936. The van der Waals surface area contributed by atoms with E-state index in [1.54, 1.807) is 19.2 Å². The molecular weight excluding hydrogens is 374 g/mol. The Morgan fingerprint density at radius 3 is 2.85 bits per heavy atom. The molecule has 26 heavy (non-hydrogen) atoms. The van der Waals surface area contributed by atoms with Crippen molar-refractivity contribution in [1.82, 2.24) is 10.1 Å². The molecule has 0 aliphatic carbocycles. The van der Waals surface area contributed by atoms with Crippen LogP contribution in [-0.2, 0) is 17.6 Å². The van der Waals surface area contributed by atoms with Gasteiger partial charge in [-0.2, -0.15) is 4.98 Å². The first-order valence-electron chi connectivity index (χ1n) is 8.05. The van der Waals surface area contributed by atoms with E-state index in [0.717, 1.165) is 21.0 Å². The zero-order valence-electron chi connectivity index (χ0n) is 14.6. The highest BCUT2D eigenvalue weighted by Gasteiger charge is 2.15. The van der Waals surface area contributed by atoms with E-state index in [-0.39, 0.29) is 12.3 Å². The number of rotatable bonds is 6. The van der Waals surface area contributed by atoms with Crippen LogP contribution < -0.4 is 10.1 Å². The number of anilines is 1. The Hall–Kier alpha value is -2.38. The van der Waals surface area contributed by atoms with Crippen LogP contribution in [0.1, 0.15) is 23.3 Å². The van der Waals surface area contributed by atoms with Gasteiger partial charge in [0.25, 0.3) is 0 Å². The molecule has 3 aromatic rings. The molecule has 8 heteroatoms. The highest BCUT2D eigenvalue weighted by atomic mass is 35.5. The highest BCUT2D eigenvalue weighted by molar-refractivity contribution is 7.16. The molecule has 0 spiro atoms. The van der Waals surface area contributed by atoms with Crippen LogP contribution in [0.5, 0.6) is 5.75 Å². The van der Waals surface area contributed by atoms with Crippen LogP contribution in [0.25, 0.3) is 10.7 Å². The summed E-state index contributed by atoms with van der Waals surface area (Å²) in [4.78, 5) is 18.5. The van der Waals surface area contributed by atoms with Crippen molar-refractivity contribution >= 4 is 34.5 Å². The number of amides is 1. The fourth-order valence-corrected chi connectivity index (χ4v) is 3.60. The maximum Gasteiger partial charge on any atom is 0.228 e. The molecule has 0 saturated heterocycles. The first kappa shape index (κ1) is 18.4. The molecular formula is C18H18ClN3O3S. The van der Waals surface area contributed by atoms with Crippen LogP contribution in [-0.4, -0.2) is 23.2 Å². The van der Waals surface area contributed by atoms with E-state index < -0.39 is 0 Å².